The SMILES string of the molecule is CCCC1C=C1. The summed E-state index contributed by atoms with van der Waals surface area (Å²) in [5.41, 5.74) is 0. The Morgan fingerprint density at radius 2 is 2.17 bits per heavy atom. The van der Waals surface area contributed by atoms with Crippen LogP contribution >= 0.6 is 0 Å². The molecular formula is C6H10. The maximum absolute atomic E-state index is 2.25. The van der Waals surface area contributed by atoms with E-state index in [-0.39, 0.29) is 0 Å². The van der Waals surface area contributed by atoms with Crippen molar-refractivity contribution in [2.75, 3.05) is 0 Å². The number of hydrogen-bond donors (Lipinski definition) is 0. The Balaban J connectivity index is 1.90. The summed E-state index contributed by atoms with van der Waals surface area (Å²) < 4.78 is 0. The summed E-state index contributed by atoms with van der Waals surface area (Å²) in [6, 6.07) is 0. The van der Waals surface area contributed by atoms with Gasteiger partial charge in [0.25, 0.3) is 0 Å². The third-order valence-electron chi connectivity index (χ3n) is 1.09. The van der Waals surface area contributed by atoms with E-state index in [1.165, 1.54) is 12.8 Å². The van der Waals surface area contributed by atoms with Crippen LogP contribution in [0.3, 0.4) is 0 Å². The first-order valence-electron chi connectivity index (χ1n) is 2.62. The fourth-order valence-corrected chi connectivity index (χ4v) is 0.604. The van der Waals surface area contributed by atoms with Crippen molar-refractivity contribution in [3.8, 4) is 0 Å². The predicted octanol–water partition coefficient (Wildman–Crippen LogP) is 1.97. The zero-order chi connectivity index (χ0) is 4.41. The largest absolute Gasteiger partial charge is 0.0810 e. The normalized spacial score (nSPS) is 18.8. The van der Waals surface area contributed by atoms with E-state index in [0.717, 1.165) is 5.92 Å². The minimum absolute atomic E-state index is 0.898. The summed E-state index contributed by atoms with van der Waals surface area (Å²) in [4.78, 5) is 0. The van der Waals surface area contributed by atoms with Crippen molar-refractivity contribution in [1.29, 1.82) is 0 Å². The van der Waals surface area contributed by atoms with E-state index in [1.807, 2.05) is 0 Å². The fraction of sp³-hybridized carbons (Fsp3) is 0.667. The van der Waals surface area contributed by atoms with Crippen molar-refractivity contribution in [3.63, 3.8) is 0 Å². The first-order chi connectivity index (χ1) is 2.93. The second-order valence-corrected chi connectivity index (χ2v) is 1.84. The lowest BCUT2D eigenvalue weighted by Gasteiger charge is -1.84. The quantitative estimate of drug-likeness (QED) is 0.447. The molecule has 1 aliphatic rings. The van der Waals surface area contributed by atoms with Crippen LogP contribution in [0.1, 0.15) is 19.8 Å². The van der Waals surface area contributed by atoms with Gasteiger partial charge >= 0.3 is 0 Å². The van der Waals surface area contributed by atoms with Gasteiger partial charge in [0.1, 0.15) is 0 Å². The van der Waals surface area contributed by atoms with Crippen LogP contribution in [0, 0.1) is 5.92 Å². The lowest BCUT2D eigenvalue weighted by atomic mass is 10.2. The summed E-state index contributed by atoms with van der Waals surface area (Å²) in [6.07, 6.45) is 7.21. The minimum Gasteiger partial charge on any atom is -0.0810 e. The molecule has 0 unspecified atom stereocenters. The highest BCUT2D eigenvalue weighted by molar-refractivity contribution is 5.12. The first-order valence-corrected chi connectivity index (χ1v) is 2.62. The Labute approximate surface area is 38.9 Å². The Kier molecular flexibility index (Phi) is 0.952. The van der Waals surface area contributed by atoms with Gasteiger partial charge in [0, 0.05) is 0 Å². The van der Waals surface area contributed by atoms with Gasteiger partial charge in [0.2, 0.25) is 0 Å². The van der Waals surface area contributed by atoms with Crippen LogP contribution in [0.25, 0.3) is 0 Å². The molecular weight excluding hydrogens is 72.1 g/mol. The second kappa shape index (κ2) is 1.46. The molecule has 1 aliphatic carbocycles. The average molecular weight is 82.1 g/mol. The second-order valence-electron chi connectivity index (χ2n) is 1.84. The van der Waals surface area contributed by atoms with Gasteiger partial charge in [0.15, 0.2) is 0 Å². The van der Waals surface area contributed by atoms with Crippen LogP contribution in [-0.4, -0.2) is 0 Å². The molecule has 0 amide bonds. The van der Waals surface area contributed by atoms with Gasteiger partial charge in [-0.15, -0.1) is 0 Å². The van der Waals surface area contributed by atoms with Gasteiger partial charge in [0.05, 0.1) is 0 Å². The van der Waals surface area contributed by atoms with Crippen LogP contribution in [-0.2, 0) is 0 Å². The van der Waals surface area contributed by atoms with E-state index in [0.29, 0.717) is 0 Å². The zero-order valence-corrected chi connectivity index (χ0v) is 4.15. The van der Waals surface area contributed by atoms with Crippen molar-refractivity contribution in [3.05, 3.63) is 12.2 Å². The number of rotatable bonds is 2. The summed E-state index contributed by atoms with van der Waals surface area (Å²) in [6.45, 7) is 2.22. The van der Waals surface area contributed by atoms with Crippen LogP contribution in [0.15, 0.2) is 12.2 Å². The van der Waals surface area contributed by atoms with E-state index < -0.39 is 0 Å². The fourth-order valence-electron chi connectivity index (χ4n) is 0.604. The molecule has 0 aliphatic heterocycles. The third-order valence-corrected chi connectivity index (χ3v) is 1.09. The van der Waals surface area contributed by atoms with Crippen molar-refractivity contribution in [1.82, 2.24) is 0 Å². The molecule has 0 heterocycles. The molecule has 0 aromatic carbocycles. The van der Waals surface area contributed by atoms with E-state index in [1.54, 1.807) is 0 Å². The highest BCUT2D eigenvalue weighted by atomic mass is 14.1. The van der Waals surface area contributed by atoms with Crippen LogP contribution in [0.4, 0.5) is 0 Å². The van der Waals surface area contributed by atoms with E-state index in [4.69, 9.17) is 0 Å². The smallest absolute Gasteiger partial charge is 0.00532 e. The standard InChI is InChI=1S/C6H10/c1-2-3-6-4-5-6/h4-6H,2-3H2,1H3. The van der Waals surface area contributed by atoms with Gasteiger partial charge in [-0.25, -0.2) is 0 Å². The maximum Gasteiger partial charge on any atom is -0.00532 e. The molecule has 0 spiro atoms. The van der Waals surface area contributed by atoms with E-state index >= 15 is 0 Å². The minimum atomic E-state index is 0.898. The van der Waals surface area contributed by atoms with Crippen molar-refractivity contribution >= 4 is 0 Å². The van der Waals surface area contributed by atoms with Gasteiger partial charge < -0.3 is 0 Å². The van der Waals surface area contributed by atoms with E-state index in [2.05, 4.69) is 19.1 Å². The lowest BCUT2D eigenvalue weighted by molar-refractivity contribution is 0.752. The van der Waals surface area contributed by atoms with Gasteiger partial charge in [-0.2, -0.15) is 0 Å². The monoisotopic (exact) mass is 82.1 g/mol. The molecule has 0 heteroatoms. The molecule has 0 saturated heterocycles. The highest BCUT2D eigenvalue weighted by Crippen LogP contribution is 2.20. The average Bonchev–Trinajstić information content (AvgIpc) is 2.21. The topological polar surface area (TPSA) is 0 Å². The van der Waals surface area contributed by atoms with Gasteiger partial charge in [-0.1, -0.05) is 25.5 Å². The number of hydrogen-bond acceptors (Lipinski definition) is 0. The third kappa shape index (κ3) is 0.852. The summed E-state index contributed by atoms with van der Waals surface area (Å²) in [5.74, 6) is 0.898. The number of allylic oxidation sites excluding steroid dienone is 2. The molecule has 0 fully saturated rings. The molecule has 6 heavy (non-hydrogen) atoms. The molecule has 0 nitrogen and oxygen atoms in total. The van der Waals surface area contributed by atoms with Gasteiger partial charge in [-0.05, 0) is 12.3 Å². The van der Waals surface area contributed by atoms with Gasteiger partial charge in [-0.3, -0.25) is 0 Å². The zero-order valence-electron chi connectivity index (χ0n) is 4.15. The van der Waals surface area contributed by atoms with Crippen molar-refractivity contribution in [2.45, 2.75) is 19.8 Å². The van der Waals surface area contributed by atoms with E-state index in [9.17, 15) is 0 Å². The summed E-state index contributed by atoms with van der Waals surface area (Å²) >= 11 is 0. The van der Waals surface area contributed by atoms with Crippen molar-refractivity contribution in [2.24, 2.45) is 5.92 Å². The predicted molar refractivity (Wildman–Crippen MR) is 27.5 cm³/mol. The van der Waals surface area contributed by atoms with Crippen LogP contribution in [0.5, 0.6) is 0 Å². The summed E-state index contributed by atoms with van der Waals surface area (Å²) in [5, 5.41) is 0. The molecule has 0 N–H and O–H groups in total. The molecule has 0 aromatic rings. The molecule has 0 aromatic heterocycles. The lowest BCUT2D eigenvalue weighted by Crippen LogP contribution is -1.70. The first kappa shape index (κ1) is 3.91. The van der Waals surface area contributed by atoms with Crippen molar-refractivity contribution < 1.29 is 0 Å². The maximum atomic E-state index is 2.25. The molecule has 1 rings (SSSR count). The Bertz CT molecular complexity index is 56.4. The molecule has 0 atom stereocenters. The van der Waals surface area contributed by atoms with Crippen LogP contribution in [0.2, 0.25) is 0 Å². The Morgan fingerprint density at radius 1 is 1.50 bits per heavy atom. The Hall–Kier alpha value is -0.260. The highest BCUT2D eigenvalue weighted by Gasteiger charge is 2.06. The molecule has 0 bridgehead atoms. The Morgan fingerprint density at radius 3 is 2.33 bits per heavy atom. The molecule has 0 radical (unpaired) electrons. The molecule has 0 saturated carbocycles. The van der Waals surface area contributed by atoms with Crippen LogP contribution < -0.4 is 0 Å². The molecule has 34 valence electrons. The summed E-state index contributed by atoms with van der Waals surface area (Å²) in [7, 11) is 0.